The molecule has 57 heavy (non-hydrogen) atoms. The molecule has 8 bridgehead atoms. The second-order valence-corrected chi connectivity index (χ2v) is 16.8. The van der Waals surface area contributed by atoms with Crippen molar-refractivity contribution in [2.24, 2.45) is 26.8 Å². The van der Waals surface area contributed by atoms with Crippen molar-refractivity contribution in [3.05, 3.63) is 126 Å². The maximum absolute atomic E-state index is 13.2. The maximum Gasteiger partial charge on any atom is 0.306 e. The van der Waals surface area contributed by atoms with Crippen molar-refractivity contribution in [2.75, 3.05) is 6.61 Å². The van der Waals surface area contributed by atoms with Crippen LogP contribution < -0.4 is 5.32 Å². The Kier molecular flexibility index (Phi) is 13.0. The highest BCUT2D eigenvalue weighted by Gasteiger charge is 2.41. The molecule has 5 heterocycles. The molecule has 3 N–H and O–H groups in total. The second kappa shape index (κ2) is 17.8. The number of hydrogen-bond donors (Lipinski definition) is 3. The molecule has 5 aliphatic heterocycles. The predicted octanol–water partition coefficient (Wildman–Crippen LogP) is 11.2. The zero-order valence-corrected chi connectivity index (χ0v) is 35.8. The van der Waals surface area contributed by atoms with E-state index in [4.69, 9.17) is 19.7 Å². The molecule has 0 amide bonds. The highest BCUT2D eigenvalue weighted by Crippen LogP contribution is 2.46. The summed E-state index contributed by atoms with van der Waals surface area (Å²) >= 11 is 0. The maximum atomic E-state index is 13.2. The first kappa shape index (κ1) is 41.8. The number of carbonyl (C=O) groups excluding carboxylic acids is 1. The summed E-state index contributed by atoms with van der Waals surface area (Å²) in [6, 6.07) is 0. The summed E-state index contributed by atoms with van der Waals surface area (Å²) < 4.78 is 5.74. The fourth-order valence-corrected chi connectivity index (χ4v) is 8.73. The predicted molar refractivity (Wildman–Crippen MR) is 234 cm³/mol. The van der Waals surface area contributed by atoms with Gasteiger partial charge in [-0.25, -0.2) is 15.0 Å². The first-order valence-electron chi connectivity index (χ1n) is 20.9. The number of hydrogen-bond acceptors (Lipinski definition) is 8. The van der Waals surface area contributed by atoms with Crippen LogP contribution in [0.5, 0.6) is 0 Å². The van der Waals surface area contributed by atoms with E-state index in [9.17, 15) is 15.0 Å². The molecule has 1 aliphatic carbocycles. The highest BCUT2D eigenvalue weighted by atomic mass is 16.5. The van der Waals surface area contributed by atoms with Crippen LogP contribution in [-0.4, -0.2) is 46.0 Å². The molecular weight excluding hydrogens is 709 g/mol. The number of aliphatic imine (C=N–C) groups is 3. The lowest BCUT2D eigenvalue weighted by atomic mass is 9.86. The Hall–Kier alpha value is -4.82. The molecule has 8 nitrogen and oxygen atoms in total. The molecule has 302 valence electrons. The van der Waals surface area contributed by atoms with Gasteiger partial charge in [0.1, 0.15) is 12.4 Å². The van der Waals surface area contributed by atoms with Gasteiger partial charge < -0.3 is 20.3 Å². The molecule has 1 saturated heterocycles. The third-order valence-corrected chi connectivity index (χ3v) is 12.1. The van der Waals surface area contributed by atoms with Crippen molar-refractivity contribution in [1.29, 1.82) is 0 Å². The lowest BCUT2D eigenvalue weighted by Gasteiger charge is -2.17. The van der Waals surface area contributed by atoms with E-state index in [0.717, 1.165) is 118 Å². The molecule has 6 rings (SSSR count). The van der Waals surface area contributed by atoms with Gasteiger partial charge in [-0.3, -0.25) is 4.79 Å². The molecule has 3 atom stereocenters. The number of esters is 1. The fourth-order valence-electron chi connectivity index (χ4n) is 8.73. The summed E-state index contributed by atoms with van der Waals surface area (Å²) in [4.78, 5) is 28.6. The van der Waals surface area contributed by atoms with Crippen molar-refractivity contribution < 1.29 is 19.7 Å². The minimum Gasteiger partial charge on any atom is -0.511 e. The molecule has 0 radical (unpaired) electrons. The normalized spacial score (nSPS) is 22.5. The molecule has 0 saturated carbocycles. The van der Waals surface area contributed by atoms with Gasteiger partial charge in [0.05, 0.1) is 40.3 Å². The number of nitrogens with one attached hydrogen (secondary N) is 1. The van der Waals surface area contributed by atoms with Crippen LogP contribution >= 0.6 is 0 Å². The fraction of sp³-hybridized carbons (Fsp3) is 0.469. The van der Waals surface area contributed by atoms with Gasteiger partial charge in [0.2, 0.25) is 0 Å². The average Bonchev–Trinajstić information content (AvgIpc) is 3.90. The standard InChI is InChI=1S/C49H62N4O4/c1-11-14-35-30(6)38-26-43-46(34(10)54)32(8)40(51-43)24-39-31(7)36(19-20-45(56)57-22-21-29(5)18-13-17-28(4)16-12-15-27(2)3)48(52-39)37-23-44(55)47-33(9)41(53-49(37)47)25-42(35)50-38/h15,17,21,24-26,31,34,36,52,54-55H,11-14,16,18-20,22-23H2,1-10H3/t31-,34+,36-/m0/s1. The van der Waals surface area contributed by atoms with E-state index in [1.807, 2.05) is 26.0 Å². The third-order valence-electron chi connectivity index (χ3n) is 12.1. The molecule has 6 aliphatic rings. The van der Waals surface area contributed by atoms with Gasteiger partial charge in [-0.1, -0.05) is 49.1 Å². The van der Waals surface area contributed by atoms with Gasteiger partial charge in [0.15, 0.2) is 0 Å². The summed E-state index contributed by atoms with van der Waals surface area (Å²) in [5.41, 5.74) is 17.4. The molecular formula is C49H62N4O4. The largest absolute Gasteiger partial charge is 0.511 e. The summed E-state index contributed by atoms with van der Waals surface area (Å²) in [6.45, 7) is 21.1. The minimum absolute atomic E-state index is 0.0150. The number of ether oxygens (including phenoxy) is 1. The van der Waals surface area contributed by atoms with Crippen LogP contribution in [0.2, 0.25) is 0 Å². The topological polar surface area (TPSA) is 116 Å². The van der Waals surface area contributed by atoms with Gasteiger partial charge >= 0.3 is 5.97 Å². The number of allylic oxidation sites excluding steroid dienone is 16. The Bertz CT molecular complexity index is 2180. The van der Waals surface area contributed by atoms with E-state index in [-0.39, 0.29) is 30.8 Å². The Morgan fingerprint density at radius 3 is 2.30 bits per heavy atom. The summed E-state index contributed by atoms with van der Waals surface area (Å²) in [7, 11) is 0. The van der Waals surface area contributed by atoms with Crippen LogP contribution in [0.3, 0.4) is 0 Å². The molecule has 8 heteroatoms. The van der Waals surface area contributed by atoms with E-state index < -0.39 is 6.10 Å². The monoisotopic (exact) mass is 770 g/mol. The lowest BCUT2D eigenvalue weighted by Crippen LogP contribution is -2.16. The van der Waals surface area contributed by atoms with Crippen molar-refractivity contribution in [3.63, 3.8) is 0 Å². The Labute approximate surface area is 340 Å². The molecule has 0 spiro atoms. The van der Waals surface area contributed by atoms with Crippen LogP contribution in [0.25, 0.3) is 0 Å². The number of rotatable bonds is 14. The Balaban J connectivity index is 1.27. The number of aliphatic hydroxyl groups is 2. The van der Waals surface area contributed by atoms with Crippen molar-refractivity contribution in [3.8, 4) is 0 Å². The van der Waals surface area contributed by atoms with Crippen molar-refractivity contribution in [1.82, 2.24) is 5.32 Å². The Morgan fingerprint density at radius 1 is 0.912 bits per heavy atom. The van der Waals surface area contributed by atoms with Crippen molar-refractivity contribution in [2.45, 2.75) is 133 Å². The van der Waals surface area contributed by atoms with Gasteiger partial charge in [0, 0.05) is 52.8 Å². The van der Waals surface area contributed by atoms with Gasteiger partial charge in [0.25, 0.3) is 0 Å². The quantitative estimate of drug-likeness (QED) is 0.120. The zero-order valence-electron chi connectivity index (χ0n) is 35.8. The van der Waals surface area contributed by atoms with E-state index in [0.29, 0.717) is 18.6 Å². The van der Waals surface area contributed by atoms with Crippen LogP contribution in [0, 0.1) is 11.8 Å². The van der Waals surface area contributed by atoms with Crippen LogP contribution in [0.4, 0.5) is 0 Å². The van der Waals surface area contributed by atoms with E-state index >= 15 is 0 Å². The number of nitrogens with zero attached hydrogens (tertiary/aromatic N) is 3. The number of fused-ring (bicyclic) bond motifs is 5. The molecule has 0 unspecified atom stereocenters. The van der Waals surface area contributed by atoms with Gasteiger partial charge in [-0.2, -0.15) is 0 Å². The number of aliphatic hydroxyl groups excluding tert-OH is 2. The first-order valence-corrected chi connectivity index (χ1v) is 20.9. The molecule has 1 fully saturated rings. The smallest absolute Gasteiger partial charge is 0.306 e. The molecule has 0 aromatic rings. The average molecular weight is 771 g/mol. The van der Waals surface area contributed by atoms with Gasteiger partial charge in [-0.15, -0.1) is 0 Å². The van der Waals surface area contributed by atoms with Crippen LogP contribution in [-0.2, 0) is 9.53 Å². The highest BCUT2D eigenvalue weighted by molar-refractivity contribution is 6.21. The SMILES string of the molecule is CCCC1=C(C)C2=NC1=CC1=C(C)C3=C(O)CC(=C4NC(=CC5=NC(=C2)C([C@@H](C)O)=C5C)[C@@H](C)[C@@H]4CCC(=O)OCC=C(C)CCC=C(C)CCC=C(C)C)C3=N1. The number of carbonyl (C=O) groups is 1. The third kappa shape index (κ3) is 9.02. The van der Waals surface area contributed by atoms with Gasteiger partial charge in [-0.05, 0) is 141 Å². The summed E-state index contributed by atoms with van der Waals surface area (Å²) in [5.74, 6) is 0.0594. The second-order valence-electron chi connectivity index (χ2n) is 16.8. The van der Waals surface area contributed by atoms with E-state index in [1.54, 1.807) is 6.92 Å². The summed E-state index contributed by atoms with van der Waals surface area (Å²) in [6.07, 6.45) is 19.2. The van der Waals surface area contributed by atoms with Crippen molar-refractivity contribution >= 4 is 23.1 Å². The van der Waals surface area contributed by atoms with Crippen LogP contribution in [0.1, 0.15) is 127 Å². The Morgan fingerprint density at radius 2 is 1.60 bits per heavy atom. The summed E-state index contributed by atoms with van der Waals surface area (Å²) in [5, 5.41) is 26.2. The molecule has 0 aromatic heterocycles. The lowest BCUT2D eigenvalue weighted by molar-refractivity contribution is -0.142. The minimum atomic E-state index is -0.716. The zero-order chi connectivity index (χ0) is 41.1. The van der Waals surface area contributed by atoms with Crippen LogP contribution in [0.15, 0.2) is 141 Å². The van der Waals surface area contributed by atoms with E-state index in [1.165, 1.54) is 22.3 Å². The first-order chi connectivity index (χ1) is 27.2. The van der Waals surface area contributed by atoms with E-state index in [2.05, 4.69) is 78.1 Å². The molecule has 0 aromatic carbocycles.